The van der Waals surface area contributed by atoms with E-state index in [4.69, 9.17) is 0 Å². The van der Waals surface area contributed by atoms with Gasteiger partial charge in [0.05, 0.1) is 22.7 Å². The molecule has 2 N–H and O–H groups in total. The van der Waals surface area contributed by atoms with Gasteiger partial charge >= 0.3 is 0 Å². The molecule has 0 spiro atoms. The molecule has 0 heterocycles. The number of carbonyl (C=O) groups excluding carboxylic acids is 1. The summed E-state index contributed by atoms with van der Waals surface area (Å²) in [6.07, 6.45) is -0.0119. The Kier molecular flexibility index (Phi) is 6.94. The van der Waals surface area contributed by atoms with Gasteiger partial charge in [0.1, 0.15) is 0 Å². The number of hydrogen-bond acceptors (Lipinski definition) is 4. The summed E-state index contributed by atoms with van der Waals surface area (Å²) in [6, 6.07) is 15.7. The van der Waals surface area contributed by atoms with Crippen LogP contribution < -0.4 is 5.32 Å². The highest BCUT2D eigenvalue weighted by Crippen LogP contribution is 2.17. The smallest absolute Gasteiger partial charge is 0.224 e. The van der Waals surface area contributed by atoms with Crippen LogP contribution in [0.5, 0.6) is 0 Å². The number of nitrogens with one attached hydrogen (secondary N) is 1. The highest BCUT2D eigenvalue weighted by Gasteiger charge is 2.18. The number of aliphatic hydroxyl groups is 1. The van der Waals surface area contributed by atoms with Crippen LogP contribution in [-0.2, 0) is 21.1 Å². The molecule has 0 aliphatic carbocycles. The van der Waals surface area contributed by atoms with Crippen molar-refractivity contribution in [1.29, 1.82) is 0 Å². The summed E-state index contributed by atoms with van der Waals surface area (Å²) in [4.78, 5) is 12.3. The topological polar surface area (TPSA) is 83.5 Å². The Morgan fingerprint density at radius 2 is 1.65 bits per heavy atom. The Bertz CT molecular complexity index is 815. The molecule has 0 saturated carbocycles. The predicted octanol–water partition coefficient (Wildman–Crippen LogP) is 2.65. The van der Waals surface area contributed by atoms with Gasteiger partial charge in [0.25, 0.3) is 0 Å². The molecule has 5 nitrogen and oxygen atoms in total. The minimum atomic E-state index is -3.30. The lowest BCUT2D eigenvalue weighted by molar-refractivity contribution is -0.120. The van der Waals surface area contributed by atoms with Crippen LogP contribution in [0.15, 0.2) is 59.5 Å². The van der Waals surface area contributed by atoms with E-state index in [0.717, 1.165) is 11.1 Å². The Morgan fingerprint density at radius 1 is 1.04 bits per heavy atom. The van der Waals surface area contributed by atoms with Crippen molar-refractivity contribution < 1.29 is 18.3 Å². The van der Waals surface area contributed by atoms with Crippen LogP contribution in [0.4, 0.5) is 0 Å². The SMILES string of the molecule is CC(C)S(=O)(=O)c1ccc(CC(=O)NCCC(O)c2ccccc2)cc1. The second-order valence-corrected chi connectivity index (χ2v) is 8.98. The summed E-state index contributed by atoms with van der Waals surface area (Å²) < 4.78 is 24.2. The minimum Gasteiger partial charge on any atom is -0.388 e. The van der Waals surface area contributed by atoms with E-state index in [-0.39, 0.29) is 17.2 Å². The van der Waals surface area contributed by atoms with E-state index >= 15 is 0 Å². The van der Waals surface area contributed by atoms with E-state index in [0.29, 0.717) is 13.0 Å². The van der Waals surface area contributed by atoms with E-state index in [9.17, 15) is 18.3 Å². The summed E-state index contributed by atoms with van der Waals surface area (Å²) >= 11 is 0. The fourth-order valence-corrected chi connectivity index (χ4v) is 3.57. The largest absolute Gasteiger partial charge is 0.388 e. The molecule has 0 aliphatic rings. The average Bonchev–Trinajstić information content (AvgIpc) is 2.62. The van der Waals surface area contributed by atoms with Crippen molar-refractivity contribution in [3.05, 3.63) is 65.7 Å². The quantitative estimate of drug-likeness (QED) is 0.743. The van der Waals surface area contributed by atoms with E-state index in [2.05, 4.69) is 5.32 Å². The first-order chi connectivity index (χ1) is 12.3. The highest BCUT2D eigenvalue weighted by molar-refractivity contribution is 7.92. The van der Waals surface area contributed by atoms with Crippen molar-refractivity contribution >= 4 is 15.7 Å². The van der Waals surface area contributed by atoms with Crippen molar-refractivity contribution in [1.82, 2.24) is 5.32 Å². The van der Waals surface area contributed by atoms with Crippen LogP contribution in [0.1, 0.15) is 37.5 Å². The average molecular weight is 375 g/mol. The minimum absolute atomic E-state index is 0.162. The second kappa shape index (κ2) is 8.96. The van der Waals surface area contributed by atoms with Crippen LogP contribution in [0.2, 0.25) is 0 Å². The normalized spacial score (nSPS) is 12.8. The van der Waals surface area contributed by atoms with Crippen LogP contribution in [0.3, 0.4) is 0 Å². The van der Waals surface area contributed by atoms with Gasteiger partial charge in [-0.05, 0) is 43.5 Å². The third-order valence-corrected chi connectivity index (χ3v) is 6.33. The van der Waals surface area contributed by atoms with Gasteiger partial charge in [-0.15, -0.1) is 0 Å². The van der Waals surface area contributed by atoms with E-state index < -0.39 is 21.2 Å². The molecule has 0 bridgehead atoms. The number of aliphatic hydroxyl groups excluding tert-OH is 1. The van der Waals surface area contributed by atoms with Gasteiger partial charge in [-0.25, -0.2) is 8.42 Å². The lowest BCUT2D eigenvalue weighted by Crippen LogP contribution is -2.27. The first-order valence-corrected chi connectivity index (χ1v) is 10.2. The molecule has 1 atom stereocenters. The number of benzene rings is 2. The van der Waals surface area contributed by atoms with Crippen LogP contribution in [-0.4, -0.2) is 31.2 Å². The number of hydrogen-bond donors (Lipinski definition) is 2. The molecular formula is C20H25NO4S. The van der Waals surface area contributed by atoms with Gasteiger partial charge in [-0.1, -0.05) is 42.5 Å². The second-order valence-electron chi connectivity index (χ2n) is 6.48. The third kappa shape index (κ3) is 5.41. The summed E-state index contributed by atoms with van der Waals surface area (Å²) in [5, 5.41) is 12.4. The Balaban J connectivity index is 1.83. The maximum absolute atomic E-state index is 12.1. The van der Waals surface area contributed by atoms with Crippen molar-refractivity contribution in [2.75, 3.05) is 6.54 Å². The number of carbonyl (C=O) groups is 1. The molecule has 6 heteroatoms. The standard InChI is InChI=1S/C20H25NO4S/c1-15(2)26(24,25)18-10-8-16(9-11-18)14-20(23)21-13-12-19(22)17-6-4-3-5-7-17/h3-11,15,19,22H,12-14H2,1-2H3,(H,21,23). The number of amides is 1. The molecule has 1 unspecified atom stereocenters. The zero-order chi connectivity index (χ0) is 19.2. The number of sulfone groups is 1. The van der Waals surface area contributed by atoms with Crippen molar-refractivity contribution in [2.45, 2.75) is 42.9 Å². The molecule has 0 aromatic heterocycles. The van der Waals surface area contributed by atoms with Gasteiger partial charge in [0.2, 0.25) is 5.91 Å². The predicted molar refractivity (Wildman–Crippen MR) is 101 cm³/mol. The number of rotatable bonds is 8. The molecule has 140 valence electrons. The molecule has 0 aliphatic heterocycles. The maximum atomic E-state index is 12.1. The zero-order valence-electron chi connectivity index (χ0n) is 15.1. The van der Waals surface area contributed by atoms with Crippen molar-refractivity contribution in [2.24, 2.45) is 0 Å². The van der Waals surface area contributed by atoms with E-state index in [1.807, 2.05) is 30.3 Å². The molecule has 0 fully saturated rings. The Morgan fingerprint density at radius 3 is 2.23 bits per heavy atom. The monoisotopic (exact) mass is 375 g/mol. The summed E-state index contributed by atoms with van der Waals surface area (Å²) in [5.41, 5.74) is 1.57. The zero-order valence-corrected chi connectivity index (χ0v) is 15.9. The molecule has 26 heavy (non-hydrogen) atoms. The molecule has 1 amide bonds. The van der Waals surface area contributed by atoms with Gasteiger partial charge < -0.3 is 10.4 Å². The van der Waals surface area contributed by atoms with Gasteiger partial charge in [-0.3, -0.25) is 4.79 Å². The first-order valence-electron chi connectivity index (χ1n) is 8.63. The van der Waals surface area contributed by atoms with E-state index in [1.54, 1.807) is 26.0 Å². The molecule has 0 saturated heterocycles. The third-order valence-electron chi connectivity index (χ3n) is 4.16. The van der Waals surface area contributed by atoms with Crippen LogP contribution in [0, 0.1) is 0 Å². The molecule has 2 aromatic rings. The fourth-order valence-electron chi connectivity index (χ4n) is 2.51. The molecule has 2 aromatic carbocycles. The van der Waals surface area contributed by atoms with Gasteiger partial charge in [0, 0.05) is 6.54 Å². The highest BCUT2D eigenvalue weighted by atomic mass is 32.2. The van der Waals surface area contributed by atoms with Crippen molar-refractivity contribution in [3.8, 4) is 0 Å². The summed E-state index contributed by atoms with van der Waals surface area (Å²) in [6.45, 7) is 3.65. The van der Waals surface area contributed by atoms with Gasteiger partial charge in [0.15, 0.2) is 9.84 Å². The lowest BCUT2D eigenvalue weighted by atomic mass is 10.1. The summed E-state index contributed by atoms with van der Waals surface area (Å²) in [7, 11) is -3.30. The van der Waals surface area contributed by atoms with E-state index in [1.165, 1.54) is 12.1 Å². The molecule has 0 radical (unpaired) electrons. The summed E-state index contributed by atoms with van der Waals surface area (Å²) in [5.74, 6) is -0.162. The van der Waals surface area contributed by atoms with Gasteiger partial charge in [-0.2, -0.15) is 0 Å². The first kappa shape index (κ1) is 20.1. The maximum Gasteiger partial charge on any atom is 0.224 e. The Hall–Kier alpha value is -2.18. The van der Waals surface area contributed by atoms with Crippen LogP contribution in [0.25, 0.3) is 0 Å². The Labute approximate surface area is 155 Å². The van der Waals surface area contributed by atoms with Crippen molar-refractivity contribution in [3.63, 3.8) is 0 Å². The molecule has 2 rings (SSSR count). The fraction of sp³-hybridized carbons (Fsp3) is 0.350. The van der Waals surface area contributed by atoms with Crippen LogP contribution >= 0.6 is 0 Å². The lowest BCUT2D eigenvalue weighted by Gasteiger charge is -2.12. The molecular weight excluding hydrogens is 350 g/mol.